The second kappa shape index (κ2) is 23.7. The molecule has 4 aliphatic rings. The van der Waals surface area contributed by atoms with Crippen LogP contribution in [0.2, 0.25) is 28.2 Å². The maximum absolute atomic E-state index is 14.8. The lowest BCUT2D eigenvalue weighted by molar-refractivity contribution is -0.324. The number of ether oxygens (including phenoxy) is 5. The fourth-order valence-electron chi connectivity index (χ4n) is 13.8. The Bertz CT molecular complexity index is 2820. The van der Waals surface area contributed by atoms with E-state index < -0.39 is 84.0 Å². The van der Waals surface area contributed by atoms with Gasteiger partial charge in [-0.1, -0.05) is 214 Å². The molecule has 10 nitrogen and oxygen atoms in total. The summed E-state index contributed by atoms with van der Waals surface area (Å²) in [5.41, 5.74) is -2.86. The van der Waals surface area contributed by atoms with Crippen molar-refractivity contribution >= 4 is 51.5 Å². The topological polar surface area (TPSA) is 111 Å². The highest BCUT2D eigenvalue weighted by atomic mass is 28.4. The summed E-state index contributed by atoms with van der Waals surface area (Å²) in [5, 5.41) is 16.6. The second-order valence-corrected chi connectivity index (χ2v) is 42.1. The molecule has 444 valence electrons. The van der Waals surface area contributed by atoms with Gasteiger partial charge < -0.3 is 42.1 Å². The SMILES string of the molecule is CC(C)(C)[Si](C)(C)O[C@H]1C[C@@]2(C)O[C@@]3(C)CCC(=O)[C@H](C[C@@]4(C)O[C@@](C)(CO[Si](c5ccccc5)(c5ccccc5)C(C)(C)C)[C@H](OCc5ccccc5)C[C@@H]4O)O[C@@H]3C[C@@H]2O[C@@H]1CO[Si](c1ccccc1)(c1ccccc1)C(C)(C)C. The predicted molar refractivity (Wildman–Crippen MR) is 336 cm³/mol. The van der Waals surface area contributed by atoms with Gasteiger partial charge in [0, 0.05) is 32.1 Å². The van der Waals surface area contributed by atoms with Gasteiger partial charge >= 0.3 is 0 Å². The maximum atomic E-state index is 14.8. The molecule has 4 saturated heterocycles. The second-order valence-electron chi connectivity index (χ2n) is 28.7. The van der Waals surface area contributed by atoms with Crippen molar-refractivity contribution in [2.24, 2.45) is 0 Å². The molecule has 0 saturated carbocycles. The van der Waals surface area contributed by atoms with E-state index in [1.165, 1.54) is 10.4 Å². The summed E-state index contributed by atoms with van der Waals surface area (Å²) in [6, 6.07) is 52.8. The number of rotatable bonds is 17. The Kier molecular flexibility index (Phi) is 18.1. The molecular weight excluding hydrogens is 1070 g/mol. The van der Waals surface area contributed by atoms with Crippen LogP contribution < -0.4 is 20.7 Å². The van der Waals surface area contributed by atoms with E-state index in [0.717, 1.165) is 15.9 Å². The van der Waals surface area contributed by atoms with Gasteiger partial charge in [-0.3, -0.25) is 4.79 Å². The highest BCUT2D eigenvalue weighted by molar-refractivity contribution is 7.00. The fourth-order valence-corrected chi connectivity index (χ4v) is 24.4. The van der Waals surface area contributed by atoms with Crippen LogP contribution in [-0.4, -0.2) is 114 Å². The minimum Gasteiger partial charge on any atom is -0.411 e. The normalized spacial score (nSPS) is 30.5. The number of Topliss-reactive ketones (excluding diaryl/α,β-unsaturated/α-hetero) is 1. The predicted octanol–water partition coefficient (Wildman–Crippen LogP) is 12.0. The lowest BCUT2D eigenvalue weighted by Crippen LogP contribution is -2.70. The first-order chi connectivity index (χ1) is 38.5. The molecule has 82 heavy (non-hydrogen) atoms. The summed E-state index contributed by atoms with van der Waals surface area (Å²) < 4.78 is 59.3. The summed E-state index contributed by atoms with van der Waals surface area (Å²) in [6.45, 7) is 34.3. The van der Waals surface area contributed by atoms with E-state index in [1.807, 2.05) is 49.4 Å². The van der Waals surface area contributed by atoms with Crippen molar-refractivity contribution in [2.45, 2.75) is 228 Å². The number of carbonyl (C=O) groups is 1. The van der Waals surface area contributed by atoms with E-state index in [4.69, 9.17) is 37.0 Å². The smallest absolute Gasteiger partial charge is 0.261 e. The Labute approximate surface area is 494 Å². The van der Waals surface area contributed by atoms with Gasteiger partial charge in [0.05, 0.1) is 67.1 Å². The minimum atomic E-state index is -3.07. The van der Waals surface area contributed by atoms with Crippen LogP contribution in [0.15, 0.2) is 152 Å². The van der Waals surface area contributed by atoms with Gasteiger partial charge in [0.2, 0.25) is 0 Å². The van der Waals surface area contributed by atoms with Gasteiger partial charge in [0.1, 0.15) is 17.8 Å². The Morgan fingerprint density at radius 3 is 1.51 bits per heavy atom. The molecule has 1 N–H and O–H groups in total. The third-order valence-corrected chi connectivity index (χ3v) is 34.0. The number of carbonyl (C=O) groups excluding carboxylic acids is 1. The molecule has 5 aromatic rings. The van der Waals surface area contributed by atoms with Crippen LogP contribution in [0.4, 0.5) is 0 Å². The van der Waals surface area contributed by atoms with Gasteiger partial charge in [-0.05, 0) is 88.6 Å². The lowest BCUT2D eigenvalue weighted by atomic mass is 9.76. The molecule has 0 aromatic heterocycles. The molecule has 0 radical (unpaired) electrons. The van der Waals surface area contributed by atoms with Crippen LogP contribution in [0.1, 0.15) is 134 Å². The van der Waals surface area contributed by atoms with Crippen LogP contribution in [0.25, 0.3) is 0 Å². The first-order valence-electron chi connectivity index (χ1n) is 30.2. The highest BCUT2D eigenvalue weighted by Gasteiger charge is 2.62. The van der Waals surface area contributed by atoms with Gasteiger partial charge in [0.25, 0.3) is 16.6 Å². The Morgan fingerprint density at radius 1 is 0.573 bits per heavy atom. The Morgan fingerprint density at radius 2 is 1.04 bits per heavy atom. The van der Waals surface area contributed by atoms with Crippen molar-refractivity contribution in [3.63, 3.8) is 0 Å². The first kappa shape index (κ1) is 62.6. The molecule has 11 atom stereocenters. The number of hydrogen-bond acceptors (Lipinski definition) is 10. The van der Waals surface area contributed by atoms with Gasteiger partial charge in [-0.25, -0.2) is 0 Å². The summed E-state index contributed by atoms with van der Waals surface area (Å²) in [5.74, 6) is -0.0336. The zero-order chi connectivity index (χ0) is 59.2. The summed E-state index contributed by atoms with van der Waals surface area (Å²) in [7, 11) is -8.40. The molecule has 0 amide bonds. The average Bonchev–Trinajstić information content (AvgIpc) is 3.73. The van der Waals surface area contributed by atoms with Gasteiger partial charge in [0.15, 0.2) is 14.1 Å². The van der Waals surface area contributed by atoms with Crippen molar-refractivity contribution in [1.82, 2.24) is 0 Å². The van der Waals surface area contributed by atoms with E-state index >= 15 is 0 Å². The molecule has 0 unspecified atom stereocenters. The van der Waals surface area contributed by atoms with E-state index in [2.05, 4.69) is 205 Å². The molecule has 0 spiro atoms. The molecular formula is C69H96O10Si3. The van der Waals surface area contributed by atoms with Crippen molar-refractivity contribution in [2.75, 3.05) is 13.2 Å². The fraction of sp³-hybridized carbons (Fsp3) is 0.551. The third kappa shape index (κ3) is 12.4. The number of hydrogen-bond donors (Lipinski definition) is 1. The minimum absolute atomic E-state index is 0.0336. The van der Waals surface area contributed by atoms with Crippen LogP contribution >= 0.6 is 0 Å². The first-order valence-corrected chi connectivity index (χ1v) is 37.0. The van der Waals surface area contributed by atoms with Crippen molar-refractivity contribution in [1.29, 1.82) is 0 Å². The van der Waals surface area contributed by atoms with Crippen LogP contribution in [0.3, 0.4) is 0 Å². The number of benzene rings is 5. The molecule has 5 aromatic carbocycles. The van der Waals surface area contributed by atoms with E-state index in [9.17, 15) is 9.90 Å². The number of aliphatic hydroxyl groups is 1. The monoisotopic (exact) mass is 1170 g/mol. The zero-order valence-electron chi connectivity index (χ0n) is 52.0. The van der Waals surface area contributed by atoms with Crippen molar-refractivity contribution in [3.8, 4) is 0 Å². The van der Waals surface area contributed by atoms with Crippen molar-refractivity contribution in [3.05, 3.63) is 157 Å². The lowest BCUT2D eigenvalue weighted by Gasteiger charge is -2.58. The van der Waals surface area contributed by atoms with Crippen molar-refractivity contribution < 1.29 is 46.9 Å². The van der Waals surface area contributed by atoms with Crippen LogP contribution in [-0.2, 0) is 48.4 Å². The van der Waals surface area contributed by atoms with E-state index in [-0.39, 0.29) is 52.9 Å². The molecule has 13 heteroatoms. The van der Waals surface area contributed by atoms with E-state index in [0.29, 0.717) is 32.5 Å². The molecule has 4 heterocycles. The van der Waals surface area contributed by atoms with Crippen LogP contribution in [0, 0.1) is 0 Å². The largest absolute Gasteiger partial charge is 0.411 e. The quantitative estimate of drug-likeness (QED) is 0.0904. The Balaban J connectivity index is 1.01. The standard InChI is InChI=1S/C69H96O10Si3/c1-63(2,3)80(14,15)77-57-46-68(12)62(76-58(57)48-73-81(64(4,5)6,51-33-23-17-24-34-51)52-35-25-18-26-36-52)44-61-66(10,78-68)42-41-55(70)56(75-61)45-67(11)59(71)43-60(72-47-50-31-21-16-22-32-50)69(13,79-67)49-74-82(65(7,8)9,53-37-27-19-28-38-53)54-39-29-20-30-40-54/h16-40,56-62,71H,41-49H2,1-15H3/t56-,57-,58+,59-,60+,61+,62-,66-,67+,68+,69-/m0/s1. The summed E-state index contributed by atoms with van der Waals surface area (Å²) >= 11 is 0. The summed E-state index contributed by atoms with van der Waals surface area (Å²) in [6.07, 6.45) is -1.89. The molecule has 9 rings (SSSR count). The maximum Gasteiger partial charge on any atom is 0.261 e. The number of ketones is 1. The molecule has 4 aliphatic heterocycles. The average molecular weight is 1170 g/mol. The van der Waals surface area contributed by atoms with Gasteiger partial charge in [-0.15, -0.1) is 0 Å². The van der Waals surface area contributed by atoms with Crippen LogP contribution in [0.5, 0.6) is 0 Å². The summed E-state index contributed by atoms with van der Waals surface area (Å²) in [4.78, 5) is 14.8. The molecule has 0 bridgehead atoms. The molecule has 0 aliphatic carbocycles. The Hall–Kier alpha value is -3.94. The van der Waals surface area contributed by atoms with E-state index in [1.54, 1.807) is 0 Å². The third-order valence-electron chi connectivity index (χ3n) is 19.5. The van der Waals surface area contributed by atoms with Gasteiger partial charge in [-0.2, -0.15) is 0 Å². The highest BCUT2D eigenvalue weighted by Crippen LogP contribution is 2.52. The molecule has 4 fully saturated rings. The zero-order valence-corrected chi connectivity index (χ0v) is 55.0. The number of aliphatic hydroxyl groups excluding tert-OH is 1. The number of fused-ring (bicyclic) bond motifs is 2.